The van der Waals surface area contributed by atoms with Crippen molar-refractivity contribution in [2.45, 2.75) is 83.5 Å². The molecule has 0 bridgehead atoms. The number of hydrogen-bond donors (Lipinski definition) is 0. The molecule has 0 aromatic heterocycles. The van der Waals surface area contributed by atoms with Gasteiger partial charge in [-0.25, -0.2) is 0 Å². The second kappa shape index (κ2) is 16.5. The van der Waals surface area contributed by atoms with Gasteiger partial charge in [-0.15, -0.1) is 6.58 Å². The van der Waals surface area contributed by atoms with Crippen LogP contribution in [0.1, 0.15) is 83.5 Å². The van der Waals surface area contributed by atoms with Crippen molar-refractivity contribution in [3.05, 3.63) is 31.7 Å². The number of allylic oxidation sites excluding steroid dienone is 3. The smallest absolute Gasteiger partial charge is 0.0316 e. The normalized spacial score (nSPS) is 11.2. The molecule has 0 aliphatic rings. The van der Waals surface area contributed by atoms with E-state index in [-0.39, 0.29) is 0 Å². The molecule has 0 heteroatoms. The Morgan fingerprint density at radius 3 is 1.33 bits per heavy atom. The largest absolute Gasteiger partial charge is 0.103 e. The van der Waals surface area contributed by atoms with Gasteiger partial charge in [-0.05, 0) is 32.6 Å². The van der Waals surface area contributed by atoms with Crippen LogP contribution in [0, 0.1) is 6.92 Å². The Bertz CT molecular complexity index is 178. The van der Waals surface area contributed by atoms with Crippen molar-refractivity contribution in [1.82, 2.24) is 0 Å². The number of unbranched alkanes of at least 4 members (excludes halogenated alkanes) is 12. The Labute approximate surface area is 116 Å². The van der Waals surface area contributed by atoms with Crippen LogP contribution >= 0.6 is 0 Å². The van der Waals surface area contributed by atoms with Crippen molar-refractivity contribution in [3.63, 3.8) is 0 Å². The highest BCUT2D eigenvalue weighted by Gasteiger charge is 1.92. The van der Waals surface area contributed by atoms with E-state index >= 15 is 0 Å². The summed E-state index contributed by atoms with van der Waals surface area (Å²) in [4.78, 5) is 0. The highest BCUT2D eigenvalue weighted by atomic mass is 14.0. The van der Waals surface area contributed by atoms with Crippen molar-refractivity contribution in [2.75, 3.05) is 0 Å². The Balaban J connectivity index is 2.92. The van der Waals surface area contributed by atoms with Crippen LogP contribution in [0.5, 0.6) is 0 Å². The fraction of sp³-hybridized carbons (Fsp3) is 0.722. The first kappa shape index (κ1) is 17.5. The van der Waals surface area contributed by atoms with Gasteiger partial charge in [0.15, 0.2) is 0 Å². The Morgan fingerprint density at radius 2 is 0.944 bits per heavy atom. The predicted molar refractivity (Wildman–Crippen MR) is 84.7 cm³/mol. The van der Waals surface area contributed by atoms with Crippen LogP contribution in [0.4, 0.5) is 0 Å². The van der Waals surface area contributed by atoms with Gasteiger partial charge in [0, 0.05) is 0 Å². The standard InChI is InChI=1S/C18H33/c1-3-5-7-9-11-13-15-17-18-16-14-12-10-8-6-4-2/h3-5H,1-2,6-18H2. The second-order valence-corrected chi connectivity index (χ2v) is 5.23. The van der Waals surface area contributed by atoms with Crippen LogP contribution in [-0.4, -0.2) is 0 Å². The zero-order chi connectivity index (χ0) is 13.3. The maximum Gasteiger partial charge on any atom is -0.0316 e. The molecule has 0 fully saturated rings. The molecule has 0 rings (SSSR count). The molecular formula is C18H33. The zero-order valence-electron chi connectivity index (χ0n) is 12.3. The average molecular weight is 249 g/mol. The van der Waals surface area contributed by atoms with Crippen molar-refractivity contribution in [1.29, 1.82) is 0 Å². The molecule has 0 spiro atoms. The topological polar surface area (TPSA) is 0 Å². The summed E-state index contributed by atoms with van der Waals surface area (Å²) >= 11 is 0. The van der Waals surface area contributed by atoms with E-state index in [4.69, 9.17) is 0 Å². The quantitative estimate of drug-likeness (QED) is 0.239. The van der Waals surface area contributed by atoms with Gasteiger partial charge in [-0.2, -0.15) is 0 Å². The van der Waals surface area contributed by atoms with Gasteiger partial charge >= 0.3 is 0 Å². The third kappa shape index (κ3) is 15.5. The summed E-state index contributed by atoms with van der Waals surface area (Å²) in [6, 6.07) is 0. The molecule has 105 valence electrons. The van der Waals surface area contributed by atoms with Crippen LogP contribution < -0.4 is 0 Å². The summed E-state index contributed by atoms with van der Waals surface area (Å²) in [5.74, 6) is 0. The van der Waals surface area contributed by atoms with Gasteiger partial charge in [0.1, 0.15) is 0 Å². The summed E-state index contributed by atoms with van der Waals surface area (Å²) in [5, 5.41) is 0. The fourth-order valence-corrected chi connectivity index (χ4v) is 2.26. The van der Waals surface area contributed by atoms with E-state index in [2.05, 4.69) is 19.6 Å². The Morgan fingerprint density at radius 1 is 0.556 bits per heavy atom. The van der Waals surface area contributed by atoms with Gasteiger partial charge in [-0.3, -0.25) is 0 Å². The van der Waals surface area contributed by atoms with Crippen molar-refractivity contribution in [2.24, 2.45) is 0 Å². The molecule has 0 saturated carbocycles. The van der Waals surface area contributed by atoms with Gasteiger partial charge in [-0.1, -0.05) is 76.0 Å². The number of hydrogen-bond acceptors (Lipinski definition) is 0. The molecule has 0 saturated heterocycles. The van der Waals surface area contributed by atoms with Crippen LogP contribution in [0.2, 0.25) is 0 Å². The Kier molecular flexibility index (Phi) is 16.0. The van der Waals surface area contributed by atoms with E-state index in [1.165, 1.54) is 83.5 Å². The molecule has 0 amide bonds. The third-order valence-electron chi connectivity index (χ3n) is 3.45. The van der Waals surface area contributed by atoms with Crippen molar-refractivity contribution in [3.8, 4) is 0 Å². The zero-order valence-corrected chi connectivity index (χ0v) is 12.3. The monoisotopic (exact) mass is 249 g/mol. The average Bonchev–Trinajstić information content (AvgIpc) is 2.39. The van der Waals surface area contributed by atoms with Crippen molar-refractivity contribution >= 4 is 0 Å². The van der Waals surface area contributed by atoms with Gasteiger partial charge in [0.2, 0.25) is 0 Å². The molecule has 0 N–H and O–H groups in total. The summed E-state index contributed by atoms with van der Waals surface area (Å²) in [5.41, 5.74) is 0. The van der Waals surface area contributed by atoms with Crippen LogP contribution in [-0.2, 0) is 0 Å². The molecule has 1 radical (unpaired) electrons. The summed E-state index contributed by atoms with van der Waals surface area (Å²) in [6.45, 7) is 7.45. The van der Waals surface area contributed by atoms with Crippen LogP contribution in [0.15, 0.2) is 24.8 Å². The third-order valence-corrected chi connectivity index (χ3v) is 3.45. The van der Waals surface area contributed by atoms with Gasteiger partial charge < -0.3 is 0 Å². The molecular weight excluding hydrogens is 216 g/mol. The Hall–Kier alpha value is -0.520. The van der Waals surface area contributed by atoms with E-state index < -0.39 is 0 Å². The van der Waals surface area contributed by atoms with E-state index in [0.29, 0.717) is 0 Å². The molecule has 0 unspecified atom stereocenters. The maximum atomic E-state index is 3.75. The first-order valence-corrected chi connectivity index (χ1v) is 7.97. The van der Waals surface area contributed by atoms with Crippen LogP contribution in [0.3, 0.4) is 0 Å². The predicted octanol–water partition coefficient (Wildman–Crippen LogP) is 6.63. The van der Waals surface area contributed by atoms with Gasteiger partial charge in [0.05, 0.1) is 0 Å². The molecule has 0 atom stereocenters. The van der Waals surface area contributed by atoms with Crippen molar-refractivity contribution < 1.29 is 0 Å². The summed E-state index contributed by atoms with van der Waals surface area (Å²) < 4.78 is 0. The molecule has 0 aliphatic carbocycles. The molecule has 0 nitrogen and oxygen atoms in total. The summed E-state index contributed by atoms with van der Waals surface area (Å²) in [7, 11) is 0. The minimum Gasteiger partial charge on any atom is -0.103 e. The highest BCUT2D eigenvalue weighted by Crippen LogP contribution is 2.12. The van der Waals surface area contributed by atoms with Gasteiger partial charge in [0.25, 0.3) is 0 Å². The van der Waals surface area contributed by atoms with E-state index in [0.717, 1.165) is 0 Å². The maximum absolute atomic E-state index is 3.75. The first-order valence-electron chi connectivity index (χ1n) is 7.97. The van der Waals surface area contributed by atoms with E-state index in [1.54, 1.807) is 0 Å². The fourth-order valence-electron chi connectivity index (χ4n) is 2.26. The minimum atomic E-state index is 1.20. The molecule has 0 aliphatic heterocycles. The molecule has 0 heterocycles. The first-order chi connectivity index (χ1) is 8.91. The summed E-state index contributed by atoms with van der Waals surface area (Å²) in [6.07, 6.45) is 24.0. The highest BCUT2D eigenvalue weighted by molar-refractivity contribution is 4.83. The molecule has 18 heavy (non-hydrogen) atoms. The van der Waals surface area contributed by atoms with E-state index in [1.807, 2.05) is 12.2 Å². The second-order valence-electron chi connectivity index (χ2n) is 5.23. The molecule has 0 aromatic carbocycles. The lowest BCUT2D eigenvalue weighted by Gasteiger charge is -2.02. The minimum absolute atomic E-state index is 1.20. The van der Waals surface area contributed by atoms with Crippen LogP contribution in [0.25, 0.3) is 0 Å². The molecule has 0 aromatic rings. The lowest BCUT2D eigenvalue weighted by atomic mass is 10.0. The lowest BCUT2D eigenvalue weighted by Crippen LogP contribution is -1.82. The SMILES string of the molecule is [CH2]C=CCCCCCCCCCCCCCC=C. The number of rotatable bonds is 14. The lowest BCUT2D eigenvalue weighted by molar-refractivity contribution is 0.547. The van der Waals surface area contributed by atoms with E-state index in [9.17, 15) is 0 Å².